The van der Waals surface area contributed by atoms with Crippen LogP contribution in [0.1, 0.15) is 25.3 Å². The van der Waals surface area contributed by atoms with Gasteiger partial charge in [-0.25, -0.2) is 9.37 Å². The summed E-state index contributed by atoms with van der Waals surface area (Å²) in [4.78, 5) is 18.6. The fraction of sp³-hybridized carbons (Fsp3) is 0.409. The van der Waals surface area contributed by atoms with Crippen LogP contribution < -0.4 is 24.7 Å². The van der Waals surface area contributed by atoms with Gasteiger partial charge in [0.1, 0.15) is 25.1 Å². The third-order valence-corrected chi connectivity index (χ3v) is 5.72. The van der Waals surface area contributed by atoms with E-state index in [1.165, 1.54) is 22.8 Å². The van der Waals surface area contributed by atoms with E-state index in [-0.39, 0.29) is 23.5 Å². The molecule has 162 valence electrons. The molecular formula is C22H23FN4O4. The van der Waals surface area contributed by atoms with E-state index in [9.17, 15) is 9.18 Å². The van der Waals surface area contributed by atoms with Crippen molar-refractivity contribution in [2.75, 3.05) is 24.7 Å². The number of aryl methyl sites for hydroxylation is 1. The Hall–Kier alpha value is -3.36. The Morgan fingerprint density at radius 2 is 2.06 bits per heavy atom. The summed E-state index contributed by atoms with van der Waals surface area (Å²) in [6, 6.07) is 6.42. The number of rotatable bonds is 3. The van der Waals surface area contributed by atoms with Crippen molar-refractivity contribution in [1.82, 2.24) is 14.6 Å². The van der Waals surface area contributed by atoms with Gasteiger partial charge in [-0.1, -0.05) is 0 Å². The first-order valence-electron chi connectivity index (χ1n) is 10.4. The van der Waals surface area contributed by atoms with Gasteiger partial charge in [-0.15, -0.1) is 5.10 Å². The Balaban J connectivity index is 1.34. The molecular weight excluding hydrogens is 403 g/mol. The van der Waals surface area contributed by atoms with E-state index in [0.29, 0.717) is 36.9 Å². The van der Waals surface area contributed by atoms with Crippen LogP contribution in [-0.4, -0.2) is 46.5 Å². The van der Waals surface area contributed by atoms with Gasteiger partial charge in [0, 0.05) is 49.8 Å². The van der Waals surface area contributed by atoms with Crippen LogP contribution in [0, 0.1) is 12.7 Å². The van der Waals surface area contributed by atoms with Gasteiger partial charge in [0.2, 0.25) is 0 Å². The lowest BCUT2D eigenvalue weighted by atomic mass is 10.00. The number of aromatic nitrogens is 3. The van der Waals surface area contributed by atoms with Crippen molar-refractivity contribution in [3.05, 3.63) is 52.2 Å². The van der Waals surface area contributed by atoms with Crippen LogP contribution in [0.3, 0.4) is 0 Å². The summed E-state index contributed by atoms with van der Waals surface area (Å²) >= 11 is 0. The third-order valence-electron chi connectivity index (χ3n) is 5.72. The largest absolute Gasteiger partial charge is 0.490 e. The molecule has 0 unspecified atom stereocenters. The van der Waals surface area contributed by atoms with Gasteiger partial charge in [0.25, 0.3) is 5.56 Å². The minimum absolute atomic E-state index is 0.0710. The van der Waals surface area contributed by atoms with Crippen LogP contribution in [0.4, 0.5) is 10.2 Å². The van der Waals surface area contributed by atoms with Gasteiger partial charge >= 0.3 is 0 Å². The number of anilines is 1. The van der Waals surface area contributed by atoms with E-state index in [1.54, 1.807) is 6.07 Å². The number of hydrogen-bond donors (Lipinski definition) is 0. The lowest BCUT2D eigenvalue weighted by Gasteiger charge is -2.39. The monoisotopic (exact) mass is 426 g/mol. The predicted molar refractivity (Wildman–Crippen MR) is 112 cm³/mol. The van der Waals surface area contributed by atoms with Gasteiger partial charge in [-0.3, -0.25) is 4.79 Å². The maximum atomic E-state index is 14.3. The fourth-order valence-electron chi connectivity index (χ4n) is 4.23. The molecule has 0 radical (unpaired) electrons. The molecule has 4 heterocycles. The number of ether oxygens (including phenoxy) is 3. The lowest BCUT2D eigenvalue weighted by molar-refractivity contribution is 0.146. The second-order valence-corrected chi connectivity index (χ2v) is 7.94. The second-order valence-electron chi connectivity index (χ2n) is 7.94. The molecule has 5 rings (SSSR count). The average molecular weight is 426 g/mol. The van der Waals surface area contributed by atoms with Crippen molar-refractivity contribution in [2.45, 2.75) is 38.8 Å². The molecule has 1 aromatic carbocycles. The second kappa shape index (κ2) is 7.72. The van der Waals surface area contributed by atoms with E-state index in [0.717, 1.165) is 24.2 Å². The van der Waals surface area contributed by atoms with Crippen molar-refractivity contribution >= 4 is 11.5 Å². The van der Waals surface area contributed by atoms with Crippen LogP contribution in [0.25, 0.3) is 5.65 Å². The van der Waals surface area contributed by atoms with E-state index in [2.05, 4.69) is 21.9 Å². The summed E-state index contributed by atoms with van der Waals surface area (Å²) in [7, 11) is 0. The highest BCUT2D eigenvalue weighted by atomic mass is 19.1. The highest BCUT2D eigenvalue weighted by molar-refractivity contribution is 5.53. The highest BCUT2D eigenvalue weighted by Crippen LogP contribution is 2.38. The molecule has 0 saturated carbocycles. The molecule has 0 bridgehead atoms. The topological polar surface area (TPSA) is 78.2 Å². The predicted octanol–water partition coefficient (Wildman–Crippen LogP) is 2.74. The van der Waals surface area contributed by atoms with Crippen LogP contribution in [0.15, 0.2) is 35.3 Å². The number of fused-ring (bicyclic) bond motifs is 2. The van der Waals surface area contributed by atoms with Gasteiger partial charge in [0.05, 0.1) is 0 Å². The molecule has 0 aliphatic carbocycles. The number of nitrogens with zero attached hydrogens (tertiary/aromatic N) is 4. The molecule has 1 saturated heterocycles. The summed E-state index contributed by atoms with van der Waals surface area (Å²) in [5.41, 5.74) is 1.27. The summed E-state index contributed by atoms with van der Waals surface area (Å²) in [5, 5.41) is 4.56. The Kier molecular flexibility index (Phi) is 4.88. The smallest absolute Gasteiger partial charge is 0.274 e. The Morgan fingerprint density at radius 3 is 2.90 bits per heavy atom. The third kappa shape index (κ3) is 3.64. The van der Waals surface area contributed by atoms with E-state index in [1.807, 2.05) is 13.0 Å². The zero-order chi connectivity index (χ0) is 21.5. The maximum Gasteiger partial charge on any atom is 0.274 e. The SMILES string of the molecule is Cc1cc2nccc(=O)n2nc1N1CC[C@H](Oc2cc(F)c3c(c2)OCCO3)C[C@H]1C. The summed E-state index contributed by atoms with van der Waals surface area (Å²) in [6.07, 6.45) is 2.89. The minimum atomic E-state index is -0.479. The van der Waals surface area contributed by atoms with Crippen molar-refractivity contribution < 1.29 is 18.6 Å². The Labute approximate surface area is 178 Å². The number of halogens is 1. The lowest BCUT2D eigenvalue weighted by Crippen LogP contribution is -2.45. The van der Waals surface area contributed by atoms with Crippen molar-refractivity contribution in [1.29, 1.82) is 0 Å². The van der Waals surface area contributed by atoms with Crippen molar-refractivity contribution in [3.8, 4) is 17.2 Å². The van der Waals surface area contributed by atoms with Crippen LogP contribution in [0.5, 0.6) is 17.2 Å². The maximum absolute atomic E-state index is 14.3. The number of benzene rings is 1. The van der Waals surface area contributed by atoms with E-state index >= 15 is 0 Å². The first kappa shape index (κ1) is 19.6. The van der Waals surface area contributed by atoms with Crippen LogP contribution in [0.2, 0.25) is 0 Å². The summed E-state index contributed by atoms with van der Waals surface area (Å²) in [6.45, 7) is 5.49. The normalized spacial score (nSPS) is 20.7. The summed E-state index contributed by atoms with van der Waals surface area (Å²) < 4.78 is 32.6. The van der Waals surface area contributed by atoms with Crippen molar-refractivity contribution in [2.24, 2.45) is 0 Å². The molecule has 2 aliphatic heterocycles. The number of piperidine rings is 1. The number of hydrogen-bond acceptors (Lipinski definition) is 7. The molecule has 9 heteroatoms. The molecule has 2 atom stereocenters. The van der Waals surface area contributed by atoms with Crippen molar-refractivity contribution in [3.63, 3.8) is 0 Å². The minimum Gasteiger partial charge on any atom is -0.490 e. The molecule has 2 aliphatic rings. The average Bonchev–Trinajstić information content (AvgIpc) is 2.74. The van der Waals surface area contributed by atoms with E-state index < -0.39 is 5.82 Å². The molecule has 0 N–H and O–H groups in total. The molecule has 31 heavy (non-hydrogen) atoms. The molecule has 2 aromatic heterocycles. The molecule has 8 nitrogen and oxygen atoms in total. The molecule has 0 spiro atoms. The Bertz CT molecular complexity index is 1200. The van der Waals surface area contributed by atoms with Gasteiger partial charge in [0.15, 0.2) is 28.8 Å². The first-order chi connectivity index (χ1) is 15.0. The molecule has 3 aromatic rings. The van der Waals surface area contributed by atoms with E-state index in [4.69, 9.17) is 14.2 Å². The standard InChI is InChI=1S/C22H23FN4O4/c1-13-9-19-24-5-3-20(28)27(19)25-22(13)26-6-4-15(10-14(26)2)31-16-11-17(23)21-18(12-16)29-7-8-30-21/h3,5,9,11-12,14-15H,4,6-8,10H2,1-2H3/t14-,15+/m1/s1. The van der Waals surface area contributed by atoms with Crippen LogP contribution >= 0.6 is 0 Å². The Morgan fingerprint density at radius 1 is 1.23 bits per heavy atom. The van der Waals surface area contributed by atoms with Crippen LogP contribution in [-0.2, 0) is 0 Å². The zero-order valence-electron chi connectivity index (χ0n) is 17.4. The highest BCUT2D eigenvalue weighted by Gasteiger charge is 2.29. The van der Waals surface area contributed by atoms with Gasteiger partial charge in [-0.2, -0.15) is 4.52 Å². The molecule has 1 fully saturated rings. The first-order valence-corrected chi connectivity index (χ1v) is 10.4. The molecule has 0 amide bonds. The quantitative estimate of drug-likeness (QED) is 0.637. The zero-order valence-corrected chi connectivity index (χ0v) is 17.4. The summed E-state index contributed by atoms with van der Waals surface area (Å²) in [5.74, 6) is 1.24. The van der Waals surface area contributed by atoms with Gasteiger partial charge in [-0.05, 0) is 25.5 Å². The fourth-order valence-corrected chi connectivity index (χ4v) is 4.23. The van der Waals surface area contributed by atoms with Gasteiger partial charge < -0.3 is 19.1 Å².